The monoisotopic (exact) mass is 381 g/mol. The van der Waals surface area contributed by atoms with Gasteiger partial charge < -0.3 is 14.7 Å². The van der Waals surface area contributed by atoms with Crippen LogP contribution in [0.2, 0.25) is 0 Å². The molecule has 1 aromatic heterocycles. The van der Waals surface area contributed by atoms with Gasteiger partial charge >= 0.3 is 0 Å². The van der Waals surface area contributed by atoms with E-state index in [1.807, 2.05) is 13.0 Å². The first-order valence-corrected chi connectivity index (χ1v) is 10.4. The topological polar surface area (TPSA) is 48.8 Å². The van der Waals surface area contributed by atoms with Gasteiger partial charge in [0.2, 0.25) is 0 Å². The summed E-state index contributed by atoms with van der Waals surface area (Å²) in [7, 11) is 0. The maximum Gasteiger partial charge on any atom is 0.0899 e. The number of aromatic nitrogens is 1. The van der Waals surface area contributed by atoms with Gasteiger partial charge in [0.15, 0.2) is 0 Å². The Bertz CT molecular complexity index is 747. The highest BCUT2D eigenvalue weighted by Crippen LogP contribution is 2.31. The molecule has 150 valence electrons. The molecule has 0 saturated carbocycles. The molecule has 2 aromatic rings. The first kappa shape index (κ1) is 19.5. The van der Waals surface area contributed by atoms with Gasteiger partial charge in [0, 0.05) is 38.4 Å². The van der Waals surface area contributed by atoms with Crippen molar-refractivity contribution in [1.29, 1.82) is 0 Å². The minimum absolute atomic E-state index is 0.121. The molecule has 0 unspecified atom stereocenters. The summed E-state index contributed by atoms with van der Waals surface area (Å²) in [6.07, 6.45) is 1.70. The Kier molecular flexibility index (Phi) is 6.37. The number of morpholine rings is 1. The Hall–Kier alpha value is -1.79. The van der Waals surface area contributed by atoms with Gasteiger partial charge in [-0.2, -0.15) is 0 Å². The van der Waals surface area contributed by atoms with Crippen molar-refractivity contribution in [3.05, 3.63) is 65.5 Å². The Morgan fingerprint density at radius 1 is 1.04 bits per heavy atom. The number of ether oxygens (including phenoxy) is 1. The summed E-state index contributed by atoms with van der Waals surface area (Å²) in [5.41, 5.74) is 3.48. The molecule has 0 aliphatic carbocycles. The molecular weight excluding hydrogens is 350 g/mol. The van der Waals surface area contributed by atoms with E-state index in [-0.39, 0.29) is 18.2 Å². The Morgan fingerprint density at radius 2 is 1.82 bits per heavy atom. The van der Waals surface area contributed by atoms with Crippen LogP contribution in [-0.4, -0.2) is 64.9 Å². The molecule has 2 fully saturated rings. The van der Waals surface area contributed by atoms with Crippen LogP contribution in [0.4, 0.5) is 0 Å². The van der Waals surface area contributed by atoms with Crippen molar-refractivity contribution in [2.24, 2.45) is 0 Å². The third-order valence-electron chi connectivity index (χ3n) is 5.90. The first-order chi connectivity index (χ1) is 13.7. The standard InChI is InChI=1S/C23H31N3O2/c1-18-6-5-9-20(24-18)16-26-14-15-28-22(17-25-12-10-21(27)11-13-25)23(26)19-7-3-2-4-8-19/h2-9,21-23,27H,10-17H2,1H3/t22-,23-/m0/s1. The van der Waals surface area contributed by atoms with E-state index in [0.717, 1.165) is 63.6 Å². The van der Waals surface area contributed by atoms with E-state index in [0.29, 0.717) is 0 Å². The fraction of sp³-hybridized carbons (Fsp3) is 0.522. The number of nitrogens with zero attached hydrogens (tertiary/aromatic N) is 3. The molecule has 4 rings (SSSR count). The quantitative estimate of drug-likeness (QED) is 0.863. The van der Waals surface area contributed by atoms with E-state index in [4.69, 9.17) is 9.72 Å². The molecule has 1 aromatic carbocycles. The third kappa shape index (κ3) is 4.78. The molecule has 2 atom stereocenters. The molecule has 3 heterocycles. The fourth-order valence-corrected chi connectivity index (χ4v) is 4.44. The Labute approximate surface area is 168 Å². The van der Waals surface area contributed by atoms with Crippen LogP contribution >= 0.6 is 0 Å². The van der Waals surface area contributed by atoms with Crippen molar-refractivity contribution < 1.29 is 9.84 Å². The average Bonchev–Trinajstić information content (AvgIpc) is 2.71. The molecule has 0 radical (unpaired) electrons. The van der Waals surface area contributed by atoms with E-state index in [2.05, 4.69) is 52.3 Å². The second-order valence-electron chi connectivity index (χ2n) is 8.04. The number of rotatable bonds is 5. The zero-order valence-electron chi connectivity index (χ0n) is 16.7. The van der Waals surface area contributed by atoms with E-state index < -0.39 is 0 Å². The number of aryl methyl sites for hydroxylation is 1. The van der Waals surface area contributed by atoms with Crippen molar-refractivity contribution in [3.63, 3.8) is 0 Å². The Morgan fingerprint density at radius 3 is 2.57 bits per heavy atom. The zero-order chi connectivity index (χ0) is 19.3. The van der Waals surface area contributed by atoms with Gasteiger partial charge in [-0.05, 0) is 37.5 Å². The number of piperidine rings is 1. The molecule has 0 amide bonds. The number of aliphatic hydroxyl groups excluding tert-OH is 1. The maximum atomic E-state index is 9.82. The van der Waals surface area contributed by atoms with Gasteiger partial charge in [0.25, 0.3) is 0 Å². The van der Waals surface area contributed by atoms with Crippen molar-refractivity contribution in [2.45, 2.75) is 44.6 Å². The summed E-state index contributed by atoms with van der Waals surface area (Å²) in [5.74, 6) is 0. The van der Waals surface area contributed by atoms with Crippen LogP contribution in [-0.2, 0) is 11.3 Å². The van der Waals surface area contributed by atoms with Gasteiger partial charge in [-0.15, -0.1) is 0 Å². The van der Waals surface area contributed by atoms with E-state index in [9.17, 15) is 5.11 Å². The van der Waals surface area contributed by atoms with Gasteiger partial charge in [-0.25, -0.2) is 0 Å². The molecule has 2 saturated heterocycles. The molecule has 0 spiro atoms. The summed E-state index contributed by atoms with van der Waals surface area (Å²) >= 11 is 0. The largest absolute Gasteiger partial charge is 0.393 e. The second-order valence-corrected chi connectivity index (χ2v) is 8.04. The van der Waals surface area contributed by atoms with Crippen LogP contribution in [0.3, 0.4) is 0 Å². The maximum absolute atomic E-state index is 9.82. The number of aliphatic hydroxyl groups is 1. The number of benzene rings is 1. The smallest absolute Gasteiger partial charge is 0.0899 e. The predicted octanol–water partition coefficient (Wildman–Crippen LogP) is 2.79. The lowest BCUT2D eigenvalue weighted by molar-refractivity contribution is -0.0918. The highest BCUT2D eigenvalue weighted by Gasteiger charge is 2.35. The second kappa shape index (κ2) is 9.14. The Balaban J connectivity index is 1.54. The highest BCUT2D eigenvalue weighted by molar-refractivity contribution is 5.22. The van der Waals surface area contributed by atoms with Crippen LogP contribution in [0.15, 0.2) is 48.5 Å². The summed E-state index contributed by atoms with van der Waals surface area (Å²) in [5, 5.41) is 9.82. The summed E-state index contributed by atoms with van der Waals surface area (Å²) in [6.45, 7) is 7.33. The molecule has 0 bridgehead atoms. The summed E-state index contributed by atoms with van der Waals surface area (Å²) in [6, 6.07) is 17.2. The van der Waals surface area contributed by atoms with Gasteiger partial charge in [0.05, 0.1) is 30.6 Å². The minimum atomic E-state index is -0.141. The minimum Gasteiger partial charge on any atom is -0.393 e. The molecule has 2 aliphatic rings. The normalized spacial score (nSPS) is 25.1. The van der Waals surface area contributed by atoms with E-state index in [1.54, 1.807) is 0 Å². The van der Waals surface area contributed by atoms with E-state index in [1.165, 1.54) is 5.56 Å². The molecule has 1 N–H and O–H groups in total. The molecule has 5 nitrogen and oxygen atoms in total. The fourth-order valence-electron chi connectivity index (χ4n) is 4.44. The molecule has 2 aliphatic heterocycles. The van der Waals surface area contributed by atoms with E-state index >= 15 is 0 Å². The van der Waals surface area contributed by atoms with Crippen molar-refractivity contribution in [1.82, 2.24) is 14.8 Å². The highest BCUT2D eigenvalue weighted by atomic mass is 16.5. The van der Waals surface area contributed by atoms with Gasteiger partial charge in [-0.3, -0.25) is 9.88 Å². The average molecular weight is 382 g/mol. The third-order valence-corrected chi connectivity index (χ3v) is 5.90. The predicted molar refractivity (Wildman–Crippen MR) is 110 cm³/mol. The molecular formula is C23H31N3O2. The van der Waals surface area contributed by atoms with Crippen molar-refractivity contribution in [3.8, 4) is 0 Å². The summed E-state index contributed by atoms with van der Waals surface area (Å²) in [4.78, 5) is 9.69. The van der Waals surface area contributed by atoms with Crippen LogP contribution in [0.1, 0.15) is 35.8 Å². The van der Waals surface area contributed by atoms with Gasteiger partial charge in [-0.1, -0.05) is 36.4 Å². The number of likely N-dealkylation sites (tertiary alicyclic amines) is 1. The first-order valence-electron chi connectivity index (χ1n) is 10.4. The van der Waals surface area contributed by atoms with Crippen molar-refractivity contribution in [2.75, 3.05) is 32.8 Å². The lowest BCUT2D eigenvalue weighted by Gasteiger charge is -2.44. The lowest BCUT2D eigenvalue weighted by atomic mass is 9.96. The molecule has 5 heteroatoms. The zero-order valence-corrected chi connectivity index (χ0v) is 16.7. The summed E-state index contributed by atoms with van der Waals surface area (Å²) < 4.78 is 6.30. The van der Waals surface area contributed by atoms with Crippen LogP contribution in [0.5, 0.6) is 0 Å². The molecule has 28 heavy (non-hydrogen) atoms. The van der Waals surface area contributed by atoms with Crippen LogP contribution in [0, 0.1) is 6.92 Å². The van der Waals surface area contributed by atoms with Crippen molar-refractivity contribution >= 4 is 0 Å². The van der Waals surface area contributed by atoms with Gasteiger partial charge in [0.1, 0.15) is 0 Å². The number of hydrogen-bond acceptors (Lipinski definition) is 5. The number of hydrogen-bond donors (Lipinski definition) is 1. The lowest BCUT2D eigenvalue weighted by Crippen LogP contribution is -2.51. The number of pyridine rings is 1. The SMILES string of the molecule is Cc1cccc(CN2CCO[C@@H](CN3CCC(O)CC3)[C@@H]2c2ccccc2)n1. The van der Waals surface area contributed by atoms with Crippen LogP contribution in [0.25, 0.3) is 0 Å². The van der Waals surface area contributed by atoms with Crippen LogP contribution < -0.4 is 0 Å².